The summed E-state index contributed by atoms with van der Waals surface area (Å²) < 4.78 is 17.7. The molecule has 65 heavy (non-hydrogen) atoms. The number of allylic oxidation sites excluding steroid dienone is 3. The molecule has 4 amide bonds. The molecular weight excluding hydrogens is 829 g/mol. The van der Waals surface area contributed by atoms with E-state index < -0.39 is 24.1 Å². The number of aromatic amines is 2. The summed E-state index contributed by atoms with van der Waals surface area (Å²) in [6.07, 6.45) is 14.3. The van der Waals surface area contributed by atoms with Crippen molar-refractivity contribution in [3.63, 3.8) is 0 Å². The first kappa shape index (κ1) is 41.4. The van der Waals surface area contributed by atoms with E-state index in [1.807, 2.05) is 26.0 Å². The van der Waals surface area contributed by atoms with E-state index in [0.717, 1.165) is 75.5 Å². The Hall–Kier alpha value is -7.61. The number of hydrogen-bond acceptors (Lipinski definition) is 11. The highest BCUT2D eigenvalue weighted by Gasteiger charge is 2.40. The Bertz CT molecular complexity index is 2770. The van der Waals surface area contributed by atoms with E-state index in [1.54, 1.807) is 52.7 Å². The molecule has 2 aromatic heterocycles. The minimum atomic E-state index is -0.981. The van der Waals surface area contributed by atoms with Crippen LogP contribution in [0.25, 0.3) is 33.6 Å². The summed E-state index contributed by atoms with van der Waals surface area (Å²) >= 11 is 0. The lowest BCUT2D eigenvalue weighted by atomic mass is 9.87. The van der Waals surface area contributed by atoms with Gasteiger partial charge >= 0.3 is 6.09 Å². The van der Waals surface area contributed by atoms with Crippen molar-refractivity contribution in [3.8, 4) is 45.1 Å². The van der Waals surface area contributed by atoms with Gasteiger partial charge < -0.3 is 49.9 Å². The highest BCUT2D eigenvalue weighted by molar-refractivity contribution is 6.01. The summed E-state index contributed by atoms with van der Waals surface area (Å²) in [4.78, 5) is 77.6. The number of alkyl carbamates (subject to hydrolysis) is 1. The lowest BCUT2D eigenvalue weighted by Gasteiger charge is -2.30. The van der Waals surface area contributed by atoms with E-state index >= 15 is 0 Å². The van der Waals surface area contributed by atoms with Crippen molar-refractivity contribution in [2.24, 2.45) is 10.9 Å². The molecule has 4 atom stereocenters. The fourth-order valence-electron chi connectivity index (χ4n) is 9.51. The average molecular weight is 877 g/mol. The van der Waals surface area contributed by atoms with Crippen molar-refractivity contribution in [2.75, 3.05) is 26.9 Å². The number of methoxy groups -OCH3 is 1. The number of nitrogens with one attached hydrogen (secondary N) is 5. The topological polar surface area (TPSA) is 208 Å². The number of carbonyl (C=O) groups excluding carboxylic acids is 4. The summed E-state index contributed by atoms with van der Waals surface area (Å²) in [6.45, 7) is 5.79. The van der Waals surface area contributed by atoms with Crippen molar-refractivity contribution in [2.45, 2.75) is 76.9 Å². The molecule has 5 aliphatic heterocycles. The number of carbonyl (C=O) groups is 4. The summed E-state index contributed by atoms with van der Waals surface area (Å²) in [6, 6.07) is 5.93. The third kappa shape index (κ3) is 7.78. The van der Waals surface area contributed by atoms with Crippen molar-refractivity contribution in [1.82, 2.24) is 45.7 Å². The molecule has 0 bridgehead atoms. The number of aromatic nitrogens is 4. The van der Waals surface area contributed by atoms with Gasteiger partial charge in [-0.1, -0.05) is 31.4 Å². The van der Waals surface area contributed by atoms with Crippen LogP contribution in [0.4, 0.5) is 4.79 Å². The maximum atomic E-state index is 14.3. The summed E-state index contributed by atoms with van der Waals surface area (Å²) in [5.41, 5.74) is 14.1. The maximum Gasteiger partial charge on any atom is 0.407 e. The lowest BCUT2D eigenvalue weighted by Crippen LogP contribution is -2.51. The number of imidazole rings is 2. The molecule has 1 aliphatic carbocycles. The van der Waals surface area contributed by atoms with Gasteiger partial charge in [0.1, 0.15) is 60.8 Å². The van der Waals surface area contributed by atoms with Crippen LogP contribution in [-0.4, -0.2) is 98.7 Å². The van der Waals surface area contributed by atoms with Gasteiger partial charge in [0.05, 0.1) is 43.0 Å². The zero-order chi connectivity index (χ0) is 44.8. The second-order valence-corrected chi connectivity index (χ2v) is 17.1. The molecule has 10 rings (SSSR count). The van der Waals surface area contributed by atoms with E-state index in [-0.39, 0.29) is 36.5 Å². The van der Waals surface area contributed by atoms with Gasteiger partial charge in [-0.05, 0) is 74.1 Å². The van der Waals surface area contributed by atoms with Crippen LogP contribution in [0.15, 0.2) is 88.7 Å². The molecule has 0 spiro atoms. The molecule has 7 heterocycles. The maximum absolute atomic E-state index is 14.3. The van der Waals surface area contributed by atoms with Crippen molar-refractivity contribution < 1.29 is 33.4 Å². The van der Waals surface area contributed by atoms with Crippen LogP contribution in [0.5, 0.6) is 11.5 Å². The second-order valence-electron chi connectivity index (χ2n) is 17.1. The van der Waals surface area contributed by atoms with Gasteiger partial charge in [-0.2, -0.15) is 0 Å². The summed E-state index contributed by atoms with van der Waals surface area (Å²) in [5, 5.41) is 8.58. The monoisotopic (exact) mass is 876 g/mol. The van der Waals surface area contributed by atoms with Crippen LogP contribution in [0.2, 0.25) is 0 Å². The summed E-state index contributed by atoms with van der Waals surface area (Å²) in [7, 11) is 1.29. The van der Waals surface area contributed by atoms with Crippen molar-refractivity contribution in [3.05, 3.63) is 106 Å². The Labute approximate surface area is 374 Å². The first-order chi connectivity index (χ1) is 31.6. The largest absolute Gasteiger partial charge is 0.488 e. The fourth-order valence-corrected chi connectivity index (χ4v) is 9.51. The standard InChI is InChI=1S/C48H48N10O7/c1-26(2)41(56-48(62)63-3)46(60)57-15-7-11-35(57)43-50-21-33(53-43)28-17-30-23-65-38-20-29(18-31-24-64-37(19-28)39(30)40(31)38)34-22-51-44(54-34)36-12-8-16-58(36)47(61)42(27-9-5-4-6-10-27)55-45(59)32-13-14-49-25-52-32/h4-5,9,13-14,17-22,26,35-36,41-42,52H,7-8,11-12,15-16,23-25H2,1-3H3,(H,50,53)(H,51,54)(H,55,59)(H,56,62)/t35-,36-,41?,42+/m0/s1. The number of H-pyrrole nitrogens is 2. The zero-order valence-corrected chi connectivity index (χ0v) is 36.2. The van der Waals surface area contributed by atoms with Crippen LogP contribution < -0.4 is 25.4 Å². The van der Waals surface area contributed by atoms with E-state index in [9.17, 15) is 19.2 Å². The van der Waals surface area contributed by atoms with E-state index in [0.29, 0.717) is 55.6 Å². The van der Waals surface area contributed by atoms with Gasteiger partial charge in [0, 0.05) is 58.3 Å². The minimum absolute atomic E-state index is 0.132. The number of nitrogens with zero attached hydrogens (tertiary/aromatic N) is 5. The van der Waals surface area contributed by atoms with Crippen molar-refractivity contribution in [1.29, 1.82) is 0 Å². The molecule has 0 radical (unpaired) electrons. The van der Waals surface area contributed by atoms with Crippen LogP contribution in [0, 0.1) is 5.92 Å². The van der Waals surface area contributed by atoms with Gasteiger partial charge in [-0.25, -0.2) is 14.8 Å². The van der Waals surface area contributed by atoms with E-state index in [4.69, 9.17) is 24.2 Å². The third-order valence-electron chi connectivity index (χ3n) is 12.7. The minimum Gasteiger partial charge on any atom is -0.488 e. The van der Waals surface area contributed by atoms with Crippen molar-refractivity contribution >= 4 is 30.0 Å². The van der Waals surface area contributed by atoms with Gasteiger partial charge in [-0.15, -0.1) is 0 Å². The molecule has 2 fully saturated rings. The number of likely N-dealkylation sites (tertiary alicyclic amines) is 2. The van der Waals surface area contributed by atoms with Gasteiger partial charge in [0.15, 0.2) is 0 Å². The normalized spacial score (nSPS) is 19.7. The molecule has 2 aromatic carbocycles. The molecular formula is C48H48N10O7. The quantitative estimate of drug-likeness (QED) is 0.121. The number of ether oxygens (including phenoxy) is 3. The number of hydrogen-bond donors (Lipinski definition) is 5. The number of rotatable bonds is 11. The molecule has 5 N–H and O–H groups in total. The number of amides is 4. The number of benzene rings is 2. The summed E-state index contributed by atoms with van der Waals surface area (Å²) in [5.74, 6) is 1.87. The second kappa shape index (κ2) is 17.2. The average Bonchev–Trinajstić information content (AvgIpc) is 4.19. The predicted octanol–water partition coefficient (Wildman–Crippen LogP) is 5.43. The Morgan fingerprint density at radius 1 is 0.846 bits per heavy atom. The first-order valence-corrected chi connectivity index (χ1v) is 21.9. The smallest absolute Gasteiger partial charge is 0.407 e. The Morgan fingerprint density at radius 3 is 2.00 bits per heavy atom. The van der Waals surface area contributed by atoms with Crippen LogP contribution in [0.1, 0.15) is 74.4 Å². The third-order valence-corrected chi connectivity index (χ3v) is 12.7. The molecule has 1 unspecified atom stereocenters. The molecule has 17 nitrogen and oxygen atoms in total. The Balaban J connectivity index is 0.873. The molecule has 2 saturated heterocycles. The molecule has 4 aromatic rings. The molecule has 6 aliphatic rings. The number of aliphatic imine (C=N–C) groups is 1. The van der Waals surface area contributed by atoms with Gasteiger partial charge in [-0.3, -0.25) is 19.4 Å². The van der Waals surface area contributed by atoms with Crippen LogP contribution in [-0.2, 0) is 32.3 Å². The predicted molar refractivity (Wildman–Crippen MR) is 238 cm³/mol. The Kier molecular flexibility index (Phi) is 10.9. The van der Waals surface area contributed by atoms with E-state index in [1.165, 1.54) is 7.11 Å². The fraction of sp³-hybridized carbons (Fsp3) is 0.354. The first-order valence-electron chi connectivity index (χ1n) is 21.9. The highest BCUT2D eigenvalue weighted by atomic mass is 16.5. The van der Waals surface area contributed by atoms with Gasteiger partial charge in [0.25, 0.3) is 11.8 Å². The Morgan fingerprint density at radius 2 is 1.46 bits per heavy atom. The van der Waals surface area contributed by atoms with Crippen LogP contribution >= 0.6 is 0 Å². The van der Waals surface area contributed by atoms with Gasteiger partial charge in [0.2, 0.25) is 5.91 Å². The molecule has 332 valence electrons. The lowest BCUT2D eigenvalue weighted by molar-refractivity contribution is -0.136. The van der Waals surface area contributed by atoms with Crippen LogP contribution in [0.3, 0.4) is 0 Å². The SMILES string of the molecule is COC(=O)NC(C(=O)N1CCC[C@H]1c1ncc(-c2cc3c4c(c2)OCc2cc(-c5cnc([C@@H]6CCCN6C(=O)[C@H](NC(=O)C6=CC=NCN6)C6=C=C=CC=C6)[nH]5)cc(c2-4)OC3)[nH]1)C(C)C. The molecule has 0 saturated carbocycles. The van der Waals surface area contributed by atoms with E-state index in [2.05, 4.69) is 54.5 Å². The molecule has 17 heteroatoms. The highest BCUT2D eigenvalue weighted by Crippen LogP contribution is 2.51. The zero-order valence-electron chi connectivity index (χ0n) is 36.2.